The fourth-order valence-corrected chi connectivity index (χ4v) is 7.17. The van der Waals surface area contributed by atoms with E-state index in [1.54, 1.807) is 42.5 Å². The molecule has 0 unspecified atom stereocenters. The summed E-state index contributed by atoms with van der Waals surface area (Å²) in [6.45, 7) is 0. The minimum absolute atomic E-state index is 0.224. The van der Waals surface area contributed by atoms with Crippen molar-refractivity contribution < 1.29 is 18.8 Å². The van der Waals surface area contributed by atoms with Crippen molar-refractivity contribution >= 4 is 62.5 Å². The van der Waals surface area contributed by atoms with Crippen LogP contribution >= 0.6 is 27.5 Å². The summed E-state index contributed by atoms with van der Waals surface area (Å²) < 4.78 is 14.7. The summed E-state index contributed by atoms with van der Waals surface area (Å²) in [5, 5.41) is 3.53. The Labute approximate surface area is 248 Å². The number of amides is 1. The molecule has 1 N–H and O–H groups in total. The highest BCUT2D eigenvalue weighted by molar-refractivity contribution is 9.10. The van der Waals surface area contributed by atoms with Crippen molar-refractivity contribution in [3.8, 4) is 0 Å². The van der Waals surface area contributed by atoms with Crippen molar-refractivity contribution in [1.29, 1.82) is 0 Å². The Morgan fingerprint density at radius 3 is 2.34 bits per heavy atom. The Morgan fingerprint density at radius 2 is 1.59 bits per heavy atom. The van der Waals surface area contributed by atoms with E-state index in [1.165, 1.54) is 24.3 Å². The molecule has 4 atom stereocenters. The molecule has 3 aliphatic heterocycles. The highest BCUT2D eigenvalue weighted by Crippen LogP contribution is 2.58. The van der Waals surface area contributed by atoms with Gasteiger partial charge in [-0.25, -0.2) is 4.39 Å². The highest BCUT2D eigenvalue weighted by Gasteiger charge is 2.70. The number of Topliss-reactive ketones (excluding diaryl/α,β-unsaturated/α-hetero) is 2. The summed E-state index contributed by atoms with van der Waals surface area (Å²) in [6.07, 6.45) is 3.78. The highest BCUT2D eigenvalue weighted by atomic mass is 79.9. The fourth-order valence-electron chi connectivity index (χ4n) is 6.73. The van der Waals surface area contributed by atoms with Gasteiger partial charge in [-0.3, -0.25) is 14.4 Å². The molecule has 1 spiro atoms. The second-order valence-electron chi connectivity index (χ2n) is 10.4. The summed E-state index contributed by atoms with van der Waals surface area (Å²) in [5.74, 6) is -2.69. The van der Waals surface area contributed by atoms with E-state index >= 15 is 0 Å². The fraction of sp³-hybridized carbons (Fsp3) is 0.121. The van der Waals surface area contributed by atoms with Gasteiger partial charge >= 0.3 is 0 Å². The number of hydrogen-bond donors (Lipinski definition) is 1. The maximum absolute atomic E-state index is 14.7. The number of ketones is 2. The molecule has 41 heavy (non-hydrogen) atoms. The largest absolute Gasteiger partial charge is 0.352 e. The molecule has 1 amide bonds. The molecule has 5 nitrogen and oxygen atoms in total. The Bertz CT molecular complexity index is 1790. The predicted octanol–water partition coefficient (Wildman–Crippen LogP) is 7.10. The maximum atomic E-state index is 14.7. The van der Waals surface area contributed by atoms with Gasteiger partial charge in [0.25, 0.3) is 0 Å². The number of para-hydroxylation sites is 1. The summed E-state index contributed by atoms with van der Waals surface area (Å²) in [5.41, 5.74) is 1.91. The number of nitrogens with one attached hydrogen (secondary N) is 1. The molecule has 7 rings (SSSR count). The Balaban J connectivity index is 1.53. The average molecular weight is 628 g/mol. The van der Waals surface area contributed by atoms with Crippen molar-refractivity contribution in [3.05, 3.63) is 135 Å². The molecular formula is C33H21BrClFN2O3. The second-order valence-corrected chi connectivity index (χ2v) is 11.8. The molecule has 202 valence electrons. The van der Waals surface area contributed by atoms with Crippen LogP contribution in [-0.2, 0) is 10.2 Å². The molecule has 3 heterocycles. The van der Waals surface area contributed by atoms with Crippen LogP contribution in [0.15, 0.2) is 102 Å². The first-order valence-corrected chi connectivity index (χ1v) is 14.2. The first-order valence-electron chi connectivity index (χ1n) is 13.1. The van der Waals surface area contributed by atoms with Crippen molar-refractivity contribution in [1.82, 2.24) is 0 Å². The number of anilines is 2. The normalized spacial score (nSPS) is 23.6. The number of carbonyl (C=O) groups excluding carboxylic acids is 3. The number of rotatable bonds is 4. The third kappa shape index (κ3) is 3.76. The van der Waals surface area contributed by atoms with E-state index in [4.69, 9.17) is 11.6 Å². The van der Waals surface area contributed by atoms with Gasteiger partial charge in [0.15, 0.2) is 11.6 Å². The number of hydrogen-bond acceptors (Lipinski definition) is 4. The van der Waals surface area contributed by atoms with Gasteiger partial charge in [-0.15, -0.1) is 0 Å². The van der Waals surface area contributed by atoms with Crippen molar-refractivity contribution in [2.45, 2.75) is 17.5 Å². The molecule has 4 aromatic rings. The lowest BCUT2D eigenvalue weighted by Gasteiger charge is -2.37. The van der Waals surface area contributed by atoms with Gasteiger partial charge in [0.05, 0.1) is 12.0 Å². The van der Waals surface area contributed by atoms with Crippen LogP contribution in [0.5, 0.6) is 0 Å². The molecule has 0 bridgehead atoms. The number of nitrogens with zero attached hydrogens (tertiary/aromatic N) is 1. The number of halogens is 3. The molecule has 1 fully saturated rings. The molecule has 4 aromatic carbocycles. The first-order chi connectivity index (χ1) is 19.8. The zero-order valence-electron chi connectivity index (χ0n) is 21.4. The molecule has 3 aliphatic rings. The maximum Gasteiger partial charge on any atom is 0.238 e. The number of benzene rings is 4. The molecule has 0 saturated carbocycles. The Hall–Kier alpha value is -4.07. The molecule has 0 aliphatic carbocycles. The summed E-state index contributed by atoms with van der Waals surface area (Å²) in [6, 6.07) is 23.1. The summed E-state index contributed by atoms with van der Waals surface area (Å²) in [4.78, 5) is 45.5. The van der Waals surface area contributed by atoms with Gasteiger partial charge in [-0.2, -0.15) is 0 Å². The first kappa shape index (κ1) is 25.9. The van der Waals surface area contributed by atoms with E-state index in [2.05, 4.69) is 21.2 Å². The van der Waals surface area contributed by atoms with Crippen LogP contribution in [0.3, 0.4) is 0 Å². The average Bonchev–Trinajstić information content (AvgIpc) is 3.45. The van der Waals surface area contributed by atoms with Crippen molar-refractivity contribution in [3.63, 3.8) is 0 Å². The van der Waals surface area contributed by atoms with Gasteiger partial charge in [0, 0.05) is 32.0 Å². The third-order valence-corrected chi connectivity index (χ3v) is 9.17. The van der Waals surface area contributed by atoms with Gasteiger partial charge in [0.1, 0.15) is 17.3 Å². The van der Waals surface area contributed by atoms with Gasteiger partial charge in [0.2, 0.25) is 5.91 Å². The van der Waals surface area contributed by atoms with E-state index in [-0.39, 0.29) is 17.3 Å². The van der Waals surface area contributed by atoms with Gasteiger partial charge in [-0.05, 0) is 71.8 Å². The molecule has 0 radical (unpaired) electrons. The Morgan fingerprint density at radius 1 is 0.902 bits per heavy atom. The lowest BCUT2D eigenvalue weighted by Crippen LogP contribution is -2.51. The number of fused-ring (bicyclic) bond motifs is 6. The quantitative estimate of drug-likeness (QED) is 0.245. The smallest absolute Gasteiger partial charge is 0.238 e. The van der Waals surface area contributed by atoms with E-state index < -0.39 is 35.0 Å². The minimum atomic E-state index is -1.44. The van der Waals surface area contributed by atoms with E-state index in [0.717, 1.165) is 10.0 Å². The topological polar surface area (TPSA) is 66.5 Å². The van der Waals surface area contributed by atoms with Crippen LogP contribution in [0.4, 0.5) is 15.8 Å². The second kappa shape index (κ2) is 9.50. The zero-order chi connectivity index (χ0) is 28.5. The lowest BCUT2D eigenvalue weighted by molar-refractivity contribution is -0.121. The van der Waals surface area contributed by atoms with Crippen molar-refractivity contribution in [2.75, 3.05) is 10.2 Å². The third-order valence-electron chi connectivity index (χ3n) is 8.40. The molecule has 0 aromatic heterocycles. The molecular weight excluding hydrogens is 607 g/mol. The monoisotopic (exact) mass is 626 g/mol. The van der Waals surface area contributed by atoms with Crippen LogP contribution in [0.2, 0.25) is 5.02 Å². The standard InChI is InChI=1S/C33H21BrClFN2O3/c34-21-10-5-19(6-11-21)31(40)29-28(30(39)18-7-13-23(36)14-8-18)33(24-3-1-2-4-25(24)37-32(33)41)27-16-9-20-17-22(35)12-15-26(20)38(27)29/h1-17,27-29H,(H,37,41)/t27-,28-,29+,33+/m0/s1. The van der Waals surface area contributed by atoms with Crippen LogP contribution in [0.1, 0.15) is 31.8 Å². The molecule has 1 saturated heterocycles. The SMILES string of the molecule is O=C(c1ccc(F)cc1)[C@@H]1[C@H](C(=O)c2ccc(Br)cc2)N2c3ccc(Cl)cc3C=C[C@H]2[C@@]12C(=O)Nc1ccccc12. The van der Waals surface area contributed by atoms with Gasteiger partial charge in [-0.1, -0.05) is 70.0 Å². The van der Waals surface area contributed by atoms with Crippen LogP contribution in [0, 0.1) is 11.7 Å². The predicted molar refractivity (Wildman–Crippen MR) is 160 cm³/mol. The van der Waals surface area contributed by atoms with Crippen LogP contribution in [-0.4, -0.2) is 29.6 Å². The molecule has 8 heteroatoms. The summed E-state index contributed by atoms with van der Waals surface area (Å²) in [7, 11) is 0. The van der Waals surface area contributed by atoms with Crippen LogP contribution in [0.25, 0.3) is 6.08 Å². The Kier molecular flexibility index (Phi) is 5.99. The van der Waals surface area contributed by atoms with Gasteiger partial charge < -0.3 is 10.2 Å². The van der Waals surface area contributed by atoms with E-state index in [1.807, 2.05) is 41.3 Å². The zero-order valence-corrected chi connectivity index (χ0v) is 23.7. The van der Waals surface area contributed by atoms with Crippen LogP contribution < -0.4 is 10.2 Å². The summed E-state index contributed by atoms with van der Waals surface area (Å²) >= 11 is 9.77. The number of carbonyl (C=O) groups is 3. The van der Waals surface area contributed by atoms with E-state index in [9.17, 15) is 18.8 Å². The van der Waals surface area contributed by atoms with Crippen molar-refractivity contribution in [2.24, 2.45) is 5.92 Å². The minimum Gasteiger partial charge on any atom is -0.352 e. The van der Waals surface area contributed by atoms with E-state index in [0.29, 0.717) is 27.5 Å². The lowest BCUT2D eigenvalue weighted by atomic mass is 9.64.